The van der Waals surface area contributed by atoms with E-state index in [-0.39, 0.29) is 55.7 Å². The lowest BCUT2D eigenvalue weighted by molar-refractivity contribution is -0.160. The van der Waals surface area contributed by atoms with Crippen molar-refractivity contribution in [3.63, 3.8) is 0 Å². The Kier molecular flexibility index (Phi) is 18.5. The van der Waals surface area contributed by atoms with Crippen LogP contribution in [0.4, 0.5) is 4.79 Å². The first kappa shape index (κ1) is 39.4. The summed E-state index contributed by atoms with van der Waals surface area (Å²) in [5, 5.41) is 13.0. The molecule has 3 heterocycles. The van der Waals surface area contributed by atoms with Gasteiger partial charge in [-0.25, -0.2) is 14.6 Å². The van der Waals surface area contributed by atoms with Crippen LogP contribution in [0.1, 0.15) is 108 Å². The van der Waals surface area contributed by atoms with Gasteiger partial charge in [0, 0.05) is 39.0 Å². The zero-order chi connectivity index (χ0) is 34.6. The Morgan fingerprint density at radius 2 is 1.81 bits per heavy atom. The van der Waals surface area contributed by atoms with E-state index in [2.05, 4.69) is 22.0 Å². The number of carbonyl (C=O) groups is 3. The smallest absolute Gasteiger partial charge is 0.407 e. The van der Waals surface area contributed by atoms with Crippen LogP contribution < -0.4 is 5.32 Å². The highest BCUT2D eigenvalue weighted by molar-refractivity contribution is 5.82. The molecule has 0 bridgehead atoms. The Bertz CT molecular complexity index is 1140. The number of nitrogens with one attached hydrogen (secondary N) is 1. The van der Waals surface area contributed by atoms with Crippen molar-refractivity contribution in [1.29, 1.82) is 0 Å². The van der Waals surface area contributed by atoms with Crippen molar-refractivity contribution in [1.82, 2.24) is 10.3 Å². The molecule has 2 unspecified atom stereocenters. The minimum Gasteiger partial charge on any atom is -0.459 e. The third-order valence-electron chi connectivity index (χ3n) is 8.78. The maximum atomic E-state index is 12.7. The summed E-state index contributed by atoms with van der Waals surface area (Å²) in [4.78, 5) is 39.5. The normalized spacial score (nSPS) is 24.4. The molecule has 7 atom stereocenters. The molecule has 48 heavy (non-hydrogen) atoms. The van der Waals surface area contributed by atoms with E-state index in [0.29, 0.717) is 44.4 Å². The molecule has 1 aromatic heterocycles. The number of aromatic nitrogens is 1. The highest BCUT2D eigenvalue weighted by Crippen LogP contribution is 2.31. The first-order chi connectivity index (χ1) is 23.3. The lowest BCUT2D eigenvalue weighted by Crippen LogP contribution is -2.40. The third-order valence-corrected chi connectivity index (χ3v) is 8.78. The lowest BCUT2D eigenvalue weighted by Gasteiger charge is -2.37. The van der Waals surface area contributed by atoms with Gasteiger partial charge in [-0.15, -0.1) is 0 Å². The van der Waals surface area contributed by atoms with Crippen LogP contribution in [0.5, 0.6) is 0 Å². The maximum Gasteiger partial charge on any atom is 0.407 e. The van der Waals surface area contributed by atoms with Crippen molar-refractivity contribution in [3.8, 4) is 0 Å². The van der Waals surface area contributed by atoms with Gasteiger partial charge in [-0.3, -0.25) is 0 Å². The number of aldehydes is 1. The molecule has 2 saturated heterocycles. The van der Waals surface area contributed by atoms with E-state index in [1.54, 1.807) is 31.6 Å². The molecule has 0 saturated carbocycles. The zero-order valence-corrected chi connectivity index (χ0v) is 28.9. The van der Waals surface area contributed by atoms with Gasteiger partial charge in [0.25, 0.3) is 0 Å². The number of methoxy groups -OCH3 is 2. The fourth-order valence-corrected chi connectivity index (χ4v) is 6.33. The van der Waals surface area contributed by atoms with Crippen molar-refractivity contribution >= 4 is 24.4 Å². The summed E-state index contributed by atoms with van der Waals surface area (Å²) in [6.07, 6.45) is 18.7. The number of hydrogen-bond acceptors (Lipinski definition) is 11. The van der Waals surface area contributed by atoms with E-state index in [1.165, 1.54) is 13.2 Å². The molecule has 270 valence electrons. The van der Waals surface area contributed by atoms with E-state index < -0.39 is 12.1 Å². The van der Waals surface area contributed by atoms with Crippen molar-refractivity contribution in [2.45, 2.75) is 146 Å². The number of hydrogen-bond donors (Lipinski definition) is 2. The van der Waals surface area contributed by atoms with Gasteiger partial charge in [-0.05, 0) is 63.9 Å². The summed E-state index contributed by atoms with van der Waals surface area (Å²) >= 11 is 0. The number of esters is 1. The van der Waals surface area contributed by atoms with Gasteiger partial charge in [0.15, 0.2) is 0 Å². The van der Waals surface area contributed by atoms with Crippen molar-refractivity contribution in [3.05, 3.63) is 36.1 Å². The second-order valence-electron chi connectivity index (χ2n) is 12.7. The molecule has 2 aliphatic heterocycles. The van der Waals surface area contributed by atoms with Crippen molar-refractivity contribution in [2.75, 3.05) is 20.8 Å². The Labute approximate surface area is 284 Å². The van der Waals surface area contributed by atoms with Gasteiger partial charge in [0.05, 0.1) is 49.4 Å². The van der Waals surface area contributed by atoms with Crippen LogP contribution in [0.15, 0.2) is 28.9 Å². The molecule has 0 radical (unpaired) electrons. The number of ether oxygens (including phenoxy) is 5. The molecule has 2 N–H and O–H groups in total. The molecular weight excluding hydrogens is 620 g/mol. The first-order valence-corrected chi connectivity index (χ1v) is 17.6. The largest absolute Gasteiger partial charge is 0.459 e. The summed E-state index contributed by atoms with van der Waals surface area (Å²) < 4.78 is 34.2. The van der Waals surface area contributed by atoms with E-state index >= 15 is 0 Å². The molecule has 0 spiro atoms. The van der Waals surface area contributed by atoms with Gasteiger partial charge in [-0.2, -0.15) is 0 Å². The minimum absolute atomic E-state index is 0.0558. The Balaban J connectivity index is 1.43. The van der Waals surface area contributed by atoms with Gasteiger partial charge >= 0.3 is 12.1 Å². The molecule has 3 rings (SSSR count). The molecular formula is C36H56N2O10. The number of carbonyl (C=O) groups excluding carboxylic acids is 3. The molecule has 1 aromatic rings. The fraction of sp³-hybridized carbons (Fsp3) is 0.722. The molecule has 2 fully saturated rings. The number of nitrogens with zero attached hydrogens (tertiary/aromatic N) is 1. The number of unbranched alkanes of at least 4 members (excludes halogenated alkanes) is 2. The highest BCUT2D eigenvalue weighted by Gasteiger charge is 2.34. The van der Waals surface area contributed by atoms with Gasteiger partial charge in [0.1, 0.15) is 18.7 Å². The van der Waals surface area contributed by atoms with E-state index in [1.807, 2.05) is 0 Å². The summed E-state index contributed by atoms with van der Waals surface area (Å²) in [5.41, 5.74) is 0.736. The highest BCUT2D eigenvalue weighted by atomic mass is 16.6. The summed E-state index contributed by atoms with van der Waals surface area (Å²) in [6.45, 7) is 2.45. The molecule has 0 aliphatic carbocycles. The molecule has 2 aliphatic rings. The van der Waals surface area contributed by atoms with E-state index in [4.69, 9.17) is 23.4 Å². The maximum absolute atomic E-state index is 12.7. The summed E-state index contributed by atoms with van der Waals surface area (Å²) in [6, 6.07) is 0. The number of aryl methyl sites for hydroxylation is 1. The average Bonchev–Trinajstić information content (AvgIpc) is 3.52. The second kappa shape index (κ2) is 22.6. The number of amides is 1. The third kappa shape index (κ3) is 15.4. The molecule has 0 aromatic carbocycles. The molecule has 12 heteroatoms. The number of alkyl carbamates (subject to hydrolysis) is 1. The second-order valence-corrected chi connectivity index (χ2v) is 12.7. The van der Waals surface area contributed by atoms with Gasteiger partial charge in [0.2, 0.25) is 5.89 Å². The summed E-state index contributed by atoms with van der Waals surface area (Å²) in [7, 11) is 2.99. The Hall–Kier alpha value is -3.06. The van der Waals surface area contributed by atoms with Crippen molar-refractivity contribution in [2.24, 2.45) is 0 Å². The number of aliphatic hydroxyl groups excluding tert-OH is 1. The van der Waals surface area contributed by atoms with Crippen LogP contribution in [0.25, 0.3) is 6.08 Å². The predicted molar refractivity (Wildman–Crippen MR) is 179 cm³/mol. The van der Waals surface area contributed by atoms with Gasteiger partial charge < -0.3 is 43.3 Å². The zero-order valence-electron chi connectivity index (χ0n) is 28.9. The first-order valence-electron chi connectivity index (χ1n) is 17.6. The number of oxazole rings is 1. The summed E-state index contributed by atoms with van der Waals surface area (Å²) in [5.74, 6) is -0.0209. The van der Waals surface area contributed by atoms with Crippen LogP contribution in [-0.2, 0) is 39.7 Å². The Morgan fingerprint density at radius 1 is 1.06 bits per heavy atom. The molecule has 1 amide bonds. The van der Waals surface area contributed by atoms with Crippen LogP contribution in [-0.4, -0.2) is 91.9 Å². The van der Waals surface area contributed by atoms with Crippen LogP contribution in [0.3, 0.4) is 0 Å². The van der Waals surface area contributed by atoms with Crippen LogP contribution >= 0.6 is 0 Å². The van der Waals surface area contributed by atoms with Crippen LogP contribution in [0, 0.1) is 0 Å². The van der Waals surface area contributed by atoms with Crippen LogP contribution in [0.2, 0.25) is 0 Å². The SMILES string of the molecule is CCCCC[C@H](O)C[C@@H]1CCCC(C[C@H](CC2C[C@@H](OC(=O)/C=C\CCc3coc(/C=C\CNC(=O)OC)n3)C[C@@H](CC=O)O2)OC)O1. The average molecular weight is 677 g/mol. The van der Waals surface area contributed by atoms with E-state index in [0.717, 1.165) is 63.3 Å². The standard InChI is InChI=1S/C36H56N2O10/c1-4-5-6-12-27(40)20-28-13-9-14-29(46-28)21-31(43-2)23-32-24-33(22-30(47-32)17-19-39)48-35(41)16-8-7-11-26-25-45-34(38-26)15-10-18-37-36(42)44-3/h8,10,15-16,19,25,27-33,40H,4-7,9,11-14,17-18,20-24H2,1-3H3,(H,37,42)/b15-10-,16-8-/t27-,28-,29?,30+,31+,32?,33-/m0/s1. The van der Waals surface area contributed by atoms with Gasteiger partial charge in [-0.1, -0.05) is 38.3 Å². The lowest BCUT2D eigenvalue weighted by atomic mass is 9.92. The number of aliphatic hydroxyl groups is 1. The topological polar surface area (TPSA) is 156 Å². The van der Waals surface area contributed by atoms with E-state index in [9.17, 15) is 19.5 Å². The number of rotatable bonds is 21. The minimum atomic E-state index is -0.518. The quantitative estimate of drug-likeness (QED) is 0.0719. The fourth-order valence-electron chi connectivity index (χ4n) is 6.33. The Morgan fingerprint density at radius 3 is 2.56 bits per heavy atom. The monoisotopic (exact) mass is 676 g/mol. The number of allylic oxidation sites excluding steroid dienone is 1. The molecule has 12 nitrogen and oxygen atoms in total. The van der Waals surface area contributed by atoms with Crippen molar-refractivity contribution < 1.29 is 47.6 Å². The predicted octanol–water partition coefficient (Wildman–Crippen LogP) is 5.65.